The molecule has 369 valence electrons. The number of aliphatic carboxylic acids is 5. The summed E-state index contributed by atoms with van der Waals surface area (Å²) in [4.78, 5) is 101. The number of nitrogens with one attached hydrogen (secondary N) is 1. The van der Waals surface area contributed by atoms with Crippen molar-refractivity contribution in [1.82, 2.24) is 0 Å². The summed E-state index contributed by atoms with van der Waals surface area (Å²) >= 11 is 0. The van der Waals surface area contributed by atoms with Crippen molar-refractivity contribution in [3.63, 3.8) is 0 Å². The van der Waals surface area contributed by atoms with Gasteiger partial charge in [0.2, 0.25) is 11.8 Å². The molecular weight excluding hydrogens is 899 g/mol. The molecule has 18 nitrogen and oxygen atoms in total. The average Bonchev–Trinajstić information content (AvgIpc) is 3.71. The molecule has 9 atom stereocenters. The largest absolute Gasteiger partial charge is 2.00 e. The van der Waals surface area contributed by atoms with E-state index >= 15 is 0 Å². The summed E-state index contributed by atoms with van der Waals surface area (Å²) in [5, 5.41) is 49.7. The van der Waals surface area contributed by atoms with Gasteiger partial charge in [-0.25, -0.2) is 0 Å². The zero-order valence-electron chi connectivity index (χ0n) is 39.8. The third kappa shape index (κ3) is 13.3. The zero-order valence-corrected chi connectivity index (χ0v) is 40.9. The summed E-state index contributed by atoms with van der Waals surface area (Å²) in [5.74, 6) is -10.5. The van der Waals surface area contributed by atoms with Crippen LogP contribution in [0.25, 0.3) is 5.73 Å². The molecule has 66 heavy (non-hydrogen) atoms. The number of amides is 2. The van der Waals surface area contributed by atoms with Crippen LogP contribution in [0.3, 0.4) is 0 Å². The number of carbonyl (C=O) groups excluding carboxylic acids is 2. The Morgan fingerprint density at radius 1 is 0.833 bits per heavy atom. The van der Waals surface area contributed by atoms with Gasteiger partial charge >= 0.3 is 46.6 Å². The summed E-state index contributed by atoms with van der Waals surface area (Å²) in [6.07, 6.45) is 1.40. The van der Waals surface area contributed by atoms with Gasteiger partial charge < -0.3 is 50.2 Å². The van der Waals surface area contributed by atoms with Crippen molar-refractivity contribution in [2.75, 3.05) is 0 Å². The van der Waals surface area contributed by atoms with Gasteiger partial charge in [0.05, 0.1) is 12.5 Å². The quantitative estimate of drug-likeness (QED) is 0.0475. The third-order valence-electron chi connectivity index (χ3n) is 14.4. The Morgan fingerprint density at radius 3 is 1.83 bits per heavy atom. The van der Waals surface area contributed by atoms with Gasteiger partial charge in [-0.15, -0.1) is 0 Å². The van der Waals surface area contributed by atoms with E-state index in [1.54, 1.807) is 60.8 Å². The maximum absolute atomic E-state index is 12.9. The second-order valence-corrected chi connectivity index (χ2v) is 19.5. The first-order chi connectivity index (χ1) is 29.4. The van der Waals surface area contributed by atoms with E-state index in [1.807, 2.05) is 13.8 Å². The molecule has 3 heterocycles. The summed E-state index contributed by atoms with van der Waals surface area (Å²) in [5.41, 5.74) is 19.2. The molecule has 0 aromatic heterocycles. The molecule has 19 heteroatoms. The predicted octanol–water partition coefficient (Wildman–Crippen LogP) is 7.13. The second kappa shape index (κ2) is 23.0. The van der Waals surface area contributed by atoms with Gasteiger partial charge in [0.25, 0.3) is 0 Å². The molecule has 3 aliphatic rings. The van der Waals surface area contributed by atoms with Crippen LogP contribution in [0, 0.1) is 58.7 Å². The molecule has 0 fully saturated rings. The Kier molecular flexibility index (Phi) is 20.5. The van der Waals surface area contributed by atoms with Gasteiger partial charge in [0.15, 0.2) is 0 Å². The summed E-state index contributed by atoms with van der Waals surface area (Å²) in [6.45, 7) is 15.9. The minimum atomic E-state index is -1.26. The number of primary amides is 2. The number of aliphatic imine (C=N–C) groups is 3. The van der Waals surface area contributed by atoms with Gasteiger partial charge in [-0.1, -0.05) is 47.1 Å². The Morgan fingerprint density at radius 2 is 1.36 bits per heavy atom. The van der Waals surface area contributed by atoms with Crippen molar-refractivity contribution in [2.45, 2.75) is 139 Å². The number of carboxylic acids is 5. The molecule has 0 saturated heterocycles. The number of allylic oxidation sites excluding steroid dienone is 6. The molecule has 0 aromatic carbocycles. The van der Waals surface area contributed by atoms with Gasteiger partial charge in [0.1, 0.15) is 0 Å². The fourth-order valence-electron chi connectivity index (χ4n) is 10.5. The topological polar surface area (TPSA) is 334 Å². The summed E-state index contributed by atoms with van der Waals surface area (Å²) in [6, 6.07) is -0.926. The van der Waals surface area contributed by atoms with E-state index in [0.29, 0.717) is 34.0 Å². The number of hydrogen-bond donors (Lipinski definition) is 7. The summed E-state index contributed by atoms with van der Waals surface area (Å²) < 4.78 is 0. The molecule has 9 unspecified atom stereocenters. The first kappa shape index (κ1) is 58.8. The number of nitrogens with zero attached hydrogens (tertiary/aromatic N) is 3. The Bertz CT molecular complexity index is 2100. The summed E-state index contributed by atoms with van der Waals surface area (Å²) in [7, 11) is 0. The van der Waals surface area contributed by atoms with Crippen molar-refractivity contribution in [1.29, 1.82) is 0 Å². The van der Waals surface area contributed by atoms with E-state index in [-0.39, 0.29) is 94.1 Å². The van der Waals surface area contributed by atoms with Crippen LogP contribution in [-0.2, 0) is 50.3 Å². The van der Waals surface area contributed by atoms with Crippen LogP contribution in [-0.4, -0.2) is 90.9 Å². The number of hydrogen-bond acceptors (Lipinski definition) is 10. The second-order valence-electron chi connectivity index (χ2n) is 19.5. The van der Waals surface area contributed by atoms with Gasteiger partial charge in [-0.05, 0) is 75.4 Å². The molecule has 0 aliphatic carbocycles. The Hall–Kier alpha value is -5.17. The molecule has 0 aromatic rings. The molecule has 3 rings (SSSR count). The Balaban J connectivity index is 0.0000109. The van der Waals surface area contributed by atoms with Crippen molar-refractivity contribution >= 4 is 59.3 Å². The number of carboxylic acid groups (broad SMARTS) is 5. The van der Waals surface area contributed by atoms with Crippen molar-refractivity contribution in [2.24, 2.45) is 77.7 Å². The first-order valence-electron chi connectivity index (χ1n) is 21.6. The van der Waals surface area contributed by atoms with E-state index in [9.17, 15) is 59.1 Å². The van der Waals surface area contributed by atoms with Crippen molar-refractivity contribution in [3.05, 3.63) is 47.5 Å². The van der Waals surface area contributed by atoms with E-state index in [1.165, 1.54) is 0 Å². The van der Waals surface area contributed by atoms with Crippen LogP contribution >= 0.6 is 0 Å². The minimum absolute atomic E-state index is 0. The molecule has 10 N–H and O–H groups in total. The van der Waals surface area contributed by atoms with Crippen LogP contribution in [0.5, 0.6) is 0 Å². The molecule has 3 aliphatic heterocycles. The average molecular weight is 970 g/mol. The minimum Gasteiger partial charge on any atom is -0.702 e. The van der Waals surface area contributed by atoms with Crippen LogP contribution in [0.15, 0.2) is 49.3 Å². The third-order valence-corrected chi connectivity index (χ3v) is 14.4. The van der Waals surface area contributed by atoms with Crippen LogP contribution in [0.4, 0.5) is 0 Å². The number of carbonyl (C=O) groups is 7. The molecule has 0 spiro atoms. The predicted molar refractivity (Wildman–Crippen MR) is 246 cm³/mol. The van der Waals surface area contributed by atoms with E-state index in [2.05, 4.69) is 4.99 Å². The molecule has 1 radical (unpaired) electrons. The fourth-order valence-corrected chi connectivity index (χ4v) is 10.5. The van der Waals surface area contributed by atoms with E-state index in [0.717, 1.165) is 0 Å². The maximum Gasteiger partial charge on any atom is 2.00 e. The van der Waals surface area contributed by atoms with Gasteiger partial charge in [0, 0.05) is 102 Å². The maximum atomic E-state index is 12.9. The fraction of sp³-hybridized carbons (Fsp3) is 0.638. The van der Waals surface area contributed by atoms with Crippen molar-refractivity contribution < 1.29 is 75.9 Å². The number of nitrogens with two attached hydrogens (primary N) is 2. The molecule has 2 amide bonds. The van der Waals surface area contributed by atoms with Gasteiger partial charge in [-0.3, -0.25) is 48.5 Å². The van der Waals surface area contributed by atoms with E-state index < -0.39 is 105 Å². The smallest absolute Gasteiger partial charge is 0.702 e. The first-order valence-corrected chi connectivity index (χ1v) is 21.6. The normalized spacial score (nSPS) is 27.3. The number of rotatable bonds is 24. The Labute approximate surface area is 398 Å². The van der Waals surface area contributed by atoms with Gasteiger partial charge in [-0.2, -0.15) is 5.70 Å². The van der Waals surface area contributed by atoms with Crippen LogP contribution < -0.4 is 11.5 Å². The van der Waals surface area contributed by atoms with Crippen LogP contribution in [0.2, 0.25) is 0 Å². The standard InChI is InChI=1S/C46H67N6O12.CH3.Co/c1-23(2)39(49)27(11-14-35(57)58)46(9,21-33(48)54)25(4)41-29(18-38(63)64)45(8,17-16-37(61)62)42(52-41)24(3)40-28(12-15-36(59)60)43(5,6)31(51-40)19-30-26(10-13-34(55)56)44(7,22-50-30)20-32(47)53;;/h19,22,25-29,41,49H,10-18,20-21H2,1-9H3,(H2,47,53)(H2,48,54)(H,55,56)(H,57,58)(H,59,60)(H,61,62)(H,63,64);1H3;/q2*-1;+2/b30-19-,40-24-;;. The molecular formula is C47H70CoN6O12. The molecule has 0 bridgehead atoms. The zero-order chi connectivity index (χ0) is 48.9. The van der Waals surface area contributed by atoms with E-state index in [4.69, 9.17) is 27.2 Å². The monoisotopic (exact) mass is 969 g/mol. The van der Waals surface area contributed by atoms with Crippen molar-refractivity contribution in [3.8, 4) is 0 Å². The van der Waals surface area contributed by atoms with Crippen LogP contribution in [0.1, 0.15) is 133 Å². The SMILES string of the molecule is CC(C)=C([NH-])C(CCC(=O)O)C(C)(CC(N)=O)C(C)C1N=C(/C(C)=C2N=C(/C=C3\N=CC(C)(CC(N)=O)C3CCC(=O)O)C(C)(C)C\2CCC(=O)O)C(C)(CCC(=O)O)C1CC(=O)O.[CH3-].[Co+2]. The molecule has 0 saturated carbocycles.